The summed E-state index contributed by atoms with van der Waals surface area (Å²) in [4.78, 5) is 154. The molecule has 6 aliphatic heterocycles. The quantitative estimate of drug-likeness (QED) is 0.0172. The van der Waals surface area contributed by atoms with E-state index in [1.54, 1.807) is 89.2 Å². The van der Waals surface area contributed by atoms with Crippen LogP contribution in [-0.2, 0) is 95.0 Å². The van der Waals surface area contributed by atoms with Gasteiger partial charge in [0.2, 0.25) is 26.0 Å². The van der Waals surface area contributed by atoms with Gasteiger partial charge in [0, 0.05) is 49.3 Å². The second-order valence-electron chi connectivity index (χ2n) is 36.9. The summed E-state index contributed by atoms with van der Waals surface area (Å²) in [6.45, 7) is 46.4. The predicted octanol–water partition coefficient (Wildman–Crippen LogP) is 16.5. The van der Waals surface area contributed by atoms with E-state index in [9.17, 15) is 79.1 Å². The first-order valence-electron chi connectivity index (χ1n) is 46.9. The summed E-state index contributed by atoms with van der Waals surface area (Å²) in [6, 6.07) is -2.55. The second-order valence-corrected chi connectivity index (χ2v) is 43.1. The average molecular weight is 1950 g/mol. The number of hydrogen-bond donors (Lipinski definition) is 3. The van der Waals surface area contributed by atoms with Crippen molar-refractivity contribution in [3.63, 3.8) is 0 Å². The number of halogens is 3. The number of alkyl halides is 3. The van der Waals surface area contributed by atoms with Crippen LogP contribution < -0.4 is 10.6 Å². The lowest BCUT2D eigenvalue weighted by atomic mass is 9.97. The largest absolute Gasteiger partial charge is 0.522 e. The molecule has 4 saturated heterocycles. The molecule has 6 aliphatic rings. The van der Waals surface area contributed by atoms with Gasteiger partial charge in [-0.2, -0.15) is 21.6 Å². The molecule has 4 fully saturated rings. The summed E-state index contributed by atoms with van der Waals surface area (Å²) in [5.74, 6) is -3.23. The first kappa shape index (κ1) is 125. The molecule has 6 rings (SSSR count). The van der Waals surface area contributed by atoms with Crippen LogP contribution in [0.4, 0.5) is 32.3 Å². The third-order valence-electron chi connectivity index (χ3n) is 21.1. The summed E-state index contributed by atoms with van der Waals surface area (Å²) < 4.78 is 104. The topological polar surface area (TPSA) is 395 Å². The number of carbonyl (C=O) groups excluding carboxylic acids is 11. The first-order chi connectivity index (χ1) is 62.6. The maximum atomic E-state index is 13.8. The second kappa shape index (κ2) is 63.3. The Hall–Kier alpha value is -9.14. The molecule has 0 aromatic heterocycles. The summed E-state index contributed by atoms with van der Waals surface area (Å²) in [5, 5.41) is 15.5. The molecule has 1 unspecified atom stereocenters. The van der Waals surface area contributed by atoms with Gasteiger partial charge >= 0.3 is 69.9 Å². The number of methoxy groups -OCH3 is 5. The fraction of sp³-hybridized carbons (Fsp3) is 0.729. The lowest BCUT2D eigenvalue weighted by Gasteiger charge is -2.35. The van der Waals surface area contributed by atoms with Gasteiger partial charge < -0.3 is 76.9 Å². The molecular weight excluding hydrogens is 1780 g/mol. The van der Waals surface area contributed by atoms with Gasteiger partial charge in [0.05, 0.1) is 66.3 Å². The van der Waals surface area contributed by atoms with Gasteiger partial charge in [0.1, 0.15) is 60.7 Å². The van der Waals surface area contributed by atoms with Gasteiger partial charge in [-0.25, -0.2) is 24.0 Å². The minimum Gasteiger partial charge on any atom is -0.480 e. The maximum absolute atomic E-state index is 13.8. The Balaban J connectivity index is 0.00000158. The van der Waals surface area contributed by atoms with E-state index < -0.39 is 101 Å². The third kappa shape index (κ3) is 47.1. The molecular formula is C96H163F3N8O25SSi. The Labute approximate surface area is 797 Å². The van der Waals surface area contributed by atoms with Crippen LogP contribution in [0.3, 0.4) is 0 Å². The number of allylic oxidation sites excluding steroid dienone is 3. The number of carbonyl (C=O) groups is 12. The molecule has 33 nitrogen and oxygen atoms in total. The minimum atomic E-state index is -5.39. The molecule has 0 saturated carbocycles. The normalized spacial score (nSPS) is 21.1. The number of carboxylic acids is 1. The Kier molecular flexibility index (Phi) is 59.0. The van der Waals surface area contributed by atoms with Crippen LogP contribution in [-0.4, -0.2) is 288 Å². The minimum absolute atomic E-state index is 0.00370. The highest BCUT2D eigenvalue weighted by Gasteiger charge is 2.51. The third-order valence-corrected chi connectivity index (χ3v) is 24.5. The van der Waals surface area contributed by atoms with Crippen LogP contribution in [0, 0.1) is 23.7 Å². The molecule has 0 aromatic rings. The summed E-state index contributed by atoms with van der Waals surface area (Å²) >= 11 is 0. The number of aliphatic carboxylic acids is 1. The van der Waals surface area contributed by atoms with Crippen LogP contribution in [0.5, 0.6) is 0 Å². The van der Waals surface area contributed by atoms with Crippen LogP contribution in [0.15, 0.2) is 86.1 Å². The number of rotatable bonds is 36. The summed E-state index contributed by atoms with van der Waals surface area (Å²) in [7, 11) is -1.41. The first-order valence-corrected chi connectivity index (χ1v) is 51.7. The molecule has 38 heteroatoms. The number of amides is 6. The van der Waals surface area contributed by atoms with Crippen LogP contribution in [0.2, 0.25) is 19.6 Å². The van der Waals surface area contributed by atoms with E-state index in [-0.39, 0.29) is 110 Å². The van der Waals surface area contributed by atoms with E-state index in [0.717, 1.165) is 109 Å². The van der Waals surface area contributed by atoms with Gasteiger partial charge in [-0.1, -0.05) is 174 Å². The Morgan fingerprint density at radius 3 is 1.39 bits per heavy atom. The molecule has 768 valence electrons. The number of esters is 4. The lowest BCUT2D eigenvalue weighted by molar-refractivity contribution is -0.150. The fourth-order valence-electron chi connectivity index (χ4n) is 14.7. The predicted molar refractivity (Wildman–Crippen MR) is 510 cm³/mol. The fourth-order valence-corrected chi connectivity index (χ4v) is 17.7. The van der Waals surface area contributed by atoms with E-state index in [2.05, 4.69) is 103 Å². The lowest BCUT2D eigenvalue weighted by Crippen LogP contribution is -2.54. The van der Waals surface area contributed by atoms with Crippen molar-refractivity contribution < 1.29 is 131 Å². The number of fused-ring (bicyclic) bond motifs is 2. The van der Waals surface area contributed by atoms with Crippen molar-refractivity contribution in [2.45, 2.75) is 343 Å². The zero-order valence-corrected chi connectivity index (χ0v) is 86.4. The molecule has 6 amide bonds. The van der Waals surface area contributed by atoms with Crippen molar-refractivity contribution in [1.82, 2.24) is 40.0 Å². The number of likely N-dealkylation sites (tertiary alicyclic amines) is 3. The van der Waals surface area contributed by atoms with E-state index in [4.69, 9.17) is 38.3 Å². The van der Waals surface area contributed by atoms with Gasteiger partial charge in [0.25, 0.3) is 0 Å². The van der Waals surface area contributed by atoms with Crippen molar-refractivity contribution >= 4 is 90.4 Å². The van der Waals surface area contributed by atoms with Crippen molar-refractivity contribution in [2.24, 2.45) is 23.7 Å². The molecule has 0 aliphatic carbocycles. The molecule has 0 bridgehead atoms. The molecule has 134 heavy (non-hydrogen) atoms. The summed E-state index contributed by atoms with van der Waals surface area (Å²) in [5.41, 5.74) is -7.23. The molecule has 13 atom stereocenters. The van der Waals surface area contributed by atoms with Gasteiger partial charge in [-0.05, 0) is 172 Å². The van der Waals surface area contributed by atoms with E-state index >= 15 is 0 Å². The van der Waals surface area contributed by atoms with E-state index in [0.29, 0.717) is 51.4 Å². The molecule has 0 radical (unpaired) electrons. The monoisotopic (exact) mass is 1950 g/mol. The smallest absolute Gasteiger partial charge is 0.480 e. The number of nitrogens with zero attached hydrogens (tertiary/aromatic N) is 6. The van der Waals surface area contributed by atoms with Crippen molar-refractivity contribution in [3.05, 3.63) is 86.1 Å². The molecule has 0 spiro atoms. The Bertz CT molecular complexity index is 3910. The Morgan fingerprint density at radius 1 is 0.545 bits per heavy atom. The van der Waals surface area contributed by atoms with E-state index in [1.165, 1.54) is 69.9 Å². The van der Waals surface area contributed by atoms with Gasteiger partial charge in [-0.15, -0.1) is 13.2 Å². The Morgan fingerprint density at radius 2 is 0.978 bits per heavy atom. The van der Waals surface area contributed by atoms with Gasteiger partial charge in [0.15, 0.2) is 0 Å². The van der Waals surface area contributed by atoms with Crippen molar-refractivity contribution in [1.29, 1.82) is 0 Å². The zero-order chi connectivity index (χ0) is 103. The van der Waals surface area contributed by atoms with Crippen LogP contribution >= 0.6 is 0 Å². The van der Waals surface area contributed by atoms with E-state index in [1.807, 2.05) is 50.3 Å². The number of hydrogen-bond acceptors (Lipinski definition) is 26. The number of ether oxygens (including phenoxy) is 9. The molecule has 0 aromatic carbocycles. The SMILES string of the molecule is C=C[C@H]1CCN(C(=O)OC(C)(C)C)[C@@H]1C(=O)N(CC(=O)OC)[C@@H](/C=C/CCC)CCC.C=C[C@H]1CCN(C(=O)OC(C)(C)C)[C@@H]1C(=O)O.CCC/C=C/C(CCC)OC(=O)OC.CCC/C=C/[C@@H](CCC)NCC(=O)OC.CCC[C@@H]1C=C[C@H]2CCN(C(=O)OC(C)(C)C)[C@@H]2C(=O)N1CC(=O)OC.CCC[C@@H]1C=C[C@H]2CCN[C@@H]2C(=O)N1CC(=O)OC.C[Si](C)(C)OS(=O)(=O)C(F)(F)F. The highest BCUT2D eigenvalue weighted by molar-refractivity contribution is 7.88. The molecule has 6 heterocycles. The average Bonchev–Trinajstić information content (AvgIpc) is 1.63. The maximum Gasteiger partial charge on any atom is 0.522 e. The van der Waals surface area contributed by atoms with Gasteiger partial charge in [-0.3, -0.25) is 48.3 Å². The number of carboxylic acid groups (broad SMARTS) is 1. The van der Waals surface area contributed by atoms with Crippen LogP contribution in [0.25, 0.3) is 0 Å². The molecule has 3 N–H and O–H groups in total. The van der Waals surface area contributed by atoms with Crippen LogP contribution in [0.1, 0.15) is 246 Å². The zero-order valence-electron chi connectivity index (χ0n) is 84.6. The van der Waals surface area contributed by atoms with Crippen molar-refractivity contribution in [2.75, 3.05) is 87.9 Å². The standard InChI is InChI=1S/C24H40N2O5.C19H30N2O5.C14H22N2O3.C12H19NO4.C12H23NO2.C11H20O3.C4H9F3O3SSi/c1-8-11-12-14-19(13-9-2)26(17-20(27)30-7)22(28)21-18(10-3)15-16-25(21)23(29)31-24(4,5)6;1-6-7-14-9-8-13-10-11-20(18(24)26-19(2,3)4)16(13)17(23)21(14)12-15(22)25-5;1-3-4-11-6-5-10-7-8-15-13(10)14(18)16(11)9-12(17)19-2;1-5-8-6-7-13(9(8)10(14)15)11(16)17-12(2,3)4;1-4-6-7-9-11(8-5-2)13-10-12(14)15-3;1-4-6-7-9-10(8-5-2)14-11(12)13-3;1-12(2,3)10-11(8,9)4(5,6)7/h10,12,14,18-19,21H,3,8-9,11,13,15-17H2,1-2,4-7H3;8-9,13-14,16H,6-7,10-12H2,1-5H3;5-6,10-11,13,15H,3-4,7-9H2,1-2H3;5,8-9H,1,6-7H2,2-4H3,(H,14,15);7,9,11,13H,4-6,8,10H2,1-3H3;7,9-10H,4-6,8H2,1-3H3;1-3H3/b14-12+;;;;2*9-7+;/t18-,19+,21-;13-,14+,16-;10-,11+,13-;8-,9-;11-;;/m00001../s1. The summed E-state index contributed by atoms with van der Waals surface area (Å²) in [6.07, 6.45) is 39.7. The highest BCUT2D eigenvalue weighted by atomic mass is 32.2. The number of nitrogens with one attached hydrogen (secondary N) is 2. The highest BCUT2D eigenvalue weighted by Crippen LogP contribution is 2.36. The number of unbranched alkanes of at least 4 members (excludes halogenated alkanes) is 3. The van der Waals surface area contributed by atoms with Crippen molar-refractivity contribution in [3.8, 4) is 0 Å².